The number of hydrogen-bond acceptors (Lipinski definition) is 6. The number of furan rings is 1. The molecule has 2 aromatic heterocycles. The molecular formula is C12H17N3O3S2. The average molecular weight is 315 g/mol. The fourth-order valence-electron chi connectivity index (χ4n) is 1.70. The van der Waals surface area contributed by atoms with Crippen molar-refractivity contribution in [2.24, 2.45) is 0 Å². The zero-order valence-electron chi connectivity index (χ0n) is 11.3. The van der Waals surface area contributed by atoms with Gasteiger partial charge in [0.2, 0.25) is 10.0 Å². The van der Waals surface area contributed by atoms with Gasteiger partial charge in [-0.05, 0) is 13.5 Å². The van der Waals surface area contributed by atoms with E-state index < -0.39 is 10.0 Å². The van der Waals surface area contributed by atoms with Gasteiger partial charge in [0.25, 0.3) is 0 Å². The first-order chi connectivity index (χ1) is 9.53. The van der Waals surface area contributed by atoms with E-state index in [-0.39, 0.29) is 11.4 Å². The Kier molecular flexibility index (Phi) is 4.92. The molecule has 2 N–H and O–H groups in total. The van der Waals surface area contributed by atoms with Gasteiger partial charge in [-0.1, -0.05) is 6.92 Å². The summed E-state index contributed by atoms with van der Waals surface area (Å²) in [5.41, 5.74) is 2.37. The summed E-state index contributed by atoms with van der Waals surface area (Å²) in [6, 6.07) is 1.56. The van der Waals surface area contributed by atoms with Crippen molar-refractivity contribution in [2.45, 2.75) is 31.8 Å². The smallest absolute Gasteiger partial charge is 0.244 e. The molecule has 0 spiro atoms. The van der Waals surface area contributed by atoms with Crippen molar-refractivity contribution in [3.8, 4) is 0 Å². The van der Waals surface area contributed by atoms with Crippen molar-refractivity contribution in [3.63, 3.8) is 0 Å². The largest absolute Gasteiger partial charge is 0.464 e. The summed E-state index contributed by atoms with van der Waals surface area (Å²) in [5.74, 6) is 1.00. The predicted octanol–water partition coefficient (Wildman–Crippen LogP) is 1.63. The van der Waals surface area contributed by atoms with Crippen LogP contribution in [0.1, 0.15) is 24.1 Å². The normalized spacial score (nSPS) is 11.9. The van der Waals surface area contributed by atoms with Gasteiger partial charge >= 0.3 is 0 Å². The number of hydrogen-bond donors (Lipinski definition) is 2. The van der Waals surface area contributed by atoms with Gasteiger partial charge in [-0.3, -0.25) is 0 Å². The number of aromatic nitrogens is 1. The highest BCUT2D eigenvalue weighted by atomic mass is 32.2. The third-order valence-electron chi connectivity index (χ3n) is 2.69. The highest BCUT2D eigenvalue weighted by molar-refractivity contribution is 7.89. The Morgan fingerprint density at radius 2 is 2.20 bits per heavy atom. The predicted molar refractivity (Wildman–Crippen MR) is 77.0 cm³/mol. The molecule has 0 aliphatic heterocycles. The fourth-order valence-corrected chi connectivity index (χ4v) is 3.46. The van der Waals surface area contributed by atoms with E-state index in [1.807, 2.05) is 6.92 Å². The second-order valence-corrected chi connectivity index (χ2v) is 6.67. The minimum Gasteiger partial charge on any atom is -0.464 e. The summed E-state index contributed by atoms with van der Waals surface area (Å²) in [6.45, 7) is 5.11. The summed E-state index contributed by atoms with van der Waals surface area (Å²) >= 11 is 1.43. The fraction of sp³-hybridized carbons (Fsp3) is 0.417. The van der Waals surface area contributed by atoms with Crippen LogP contribution < -0.4 is 10.0 Å². The second-order valence-electron chi connectivity index (χ2n) is 4.22. The van der Waals surface area contributed by atoms with Gasteiger partial charge in [0.1, 0.15) is 16.4 Å². The van der Waals surface area contributed by atoms with Crippen molar-refractivity contribution in [1.29, 1.82) is 0 Å². The molecule has 0 atom stereocenters. The molecule has 0 aliphatic carbocycles. The van der Waals surface area contributed by atoms with Crippen molar-refractivity contribution in [1.82, 2.24) is 15.0 Å². The van der Waals surface area contributed by atoms with Crippen LogP contribution >= 0.6 is 11.3 Å². The van der Waals surface area contributed by atoms with Crippen LogP contribution in [0.2, 0.25) is 0 Å². The highest BCUT2D eigenvalue weighted by Gasteiger charge is 2.21. The summed E-state index contributed by atoms with van der Waals surface area (Å²) in [4.78, 5) is 4.22. The number of nitrogens with one attached hydrogen (secondary N) is 2. The highest BCUT2D eigenvalue weighted by Crippen LogP contribution is 2.20. The second kappa shape index (κ2) is 6.49. The molecule has 2 rings (SSSR count). The zero-order chi connectivity index (χ0) is 14.6. The molecule has 0 aromatic carbocycles. The molecule has 2 aromatic rings. The third kappa shape index (κ3) is 3.66. The molecule has 110 valence electrons. The Balaban J connectivity index is 2.10. The summed E-state index contributed by atoms with van der Waals surface area (Å²) in [7, 11) is -3.58. The lowest BCUT2D eigenvalue weighted by Crippen LogP contribution is -2.23. The Labute approximate surface area is 122 Å². The number of aryl methyl sites for hydroxylation is 1. The van der Waals surface area contributed by atoms with E-state index in [0.717, 1.165) is 6.54 Å². The van der Waals surface area contributed by atoms with Crippen LogP contribution in [0.3, 0.4) is 0 Å². The molecular weight excluding hydrogens is 298 g/mol. The number of sulfonamides is 1. The molecule has 0 saturated heterocycles. The Hall–Kier alpha value is -1.22. The van der Waals surface area contributed by atoms with E-state index in [1.165, 1.54) is 11.3 Å². The maximum Gasteiger partial charge on any atom is 0.244 e. The third-order valence-corrected chi connectivity index (χ3v) is 4.83. The van der Waals surface area contributed by atoms with Crippen LogP contribution in [0.25, 0.3) is 0 Å². The molecule has 2 heterocycles. The van der Waals surface area contributed by atoms with E-state index in [0.29, 0.717) is 23.8 Å². The molecule has 0 saturated carbocycles. The van der Waals surface area contributed by atoms with Crippen molar-refractivity contribution < 1.29 is 12.8 Å². The van der Waals surface area contributed by atoms with Crippen molar-refractivity contribution in [3.05, 3.63) is 34.2 Å². The maximum atomic E-state index is 12.2. The van der Waals surface area contributed by atoms with E-state index in [2.05, 4.69) is 15.0 Å². The minimum absolute atomic E-state index is 0.180. The first kappa shape index (κ1) is 15.2. The standard InChI is InChI=1S/C12H17N3O3S2/c1-3-13-6-11-4-12(9(2)18-11)20(16,17)15-5-10-7-19-8-14-10/h4,7-8,13,15H,3,5-6H2,1-2H3. The van der Waals surface area contributed by atoms with E-state index >= 15 is 0 Å². The quantitative estimate of drug-likeness (QED) is 0.811. The van der Waals surface area contributed by atoms with Gasteiger partial charge in [0, 0.05) is 11.4 Å². The van der Waals surface area contributed by atoms with Gasteiger partial charge in [-0.25, -0.2) is 18.1 Å². The van der Waals surface area contributed by atoms with E-state index in [4.69, 9.17) is 4.42 Å². The molecule has 8 heteroatoms. The molecule has 20 heavy (non-hydrogen) atoms. The van der Waals surface area contributed by atoms with Crippen molar-refractivity contribution >= 4 is 21.4 Å². The van der Waals surface area contributed by atoms with Crippen LogP contribution in [0.5, 0.6) is 0 Å². The topological polar surface area (TPSA) is 84.2 Å². The van der Waals surface area contributed by atoms with Gasteiger partial charge in [0.15, 0.2) is 0 Å². The van der Waals surface area contributed by atoms with Gasteiger partial charge in [-0.15, -0.1) is 11.3 Å². The summed E-state index contributed by atoms with van der Waals surface area (Å²) < 4.78 is 32.4. The molecule has 0 unspecified atom stereocenters. The first-order valence-electron chi connectivity index (χ1n) is 6.19. The molecule has 0 fully saturated rings. The van der Waals surface area contributed by atoms with Crippen LogP contribution in [0.4, 0.5) is 0 Å². The Morgan fingerprint density at radius 3 is 2.85 bits per heavy atom. The molecule has 0 radical (unpaired) electrons. The van der Waals surface area contributed by atoms with Gasteiger partial charge in [0.05, 0.1) is 24.3 Å². The van der Waals surface area contributed by atoms with Crippen LogP contribution in [-0.2, 0) is 23.1 Å². The molecule has 0 aliphatic rings. The van der Waals surface area contributed by atoms with E-state index in [9.17, 15) is 8.42 Å². The number of rotatable bonds is 7. The van der Waals surface area contributed by atoms with Gasteiger partial charge in [-0.2, -0.15) is 0 Å². The Bertz CT molecular complexity index is 648. The first-order valence-corrected chi connectivity index (χ1v) is 8.62. The van der Waals surface area contributed by atoms with Gasteiger partial charge < -0.3 is 9.73 Å². The summed E-state index contributed by atoms with van der Waals surface area (Å²) in [5, 5.41) is 4.90. The van der Waals surface area contributed by atoms with Crippen LogP contribution in [0, 0.1) is 6.92 Å². The monoisotopic (exact) mass is 315 g/mol. The maximum absolute atomic E-state index is 12.2. The summed E-state index contributed by atoms with van der Waals surface area (Å²) in [6.07, 6.45) is 0. The van der Waals surface area contributed by atoms with E-state index in [1.54, 1.807) is 23.9 Å². The lowest BCUT2D eigenvalue weighted by atomic mass is 10.4. The lowest BCUT2D eigenvalue weighted by Gasteiger charge is -2.03. The zero-order valence-corrected chi connectivity index (χ0v) is 13.0. The minimum atomic E-state index is -3.58. The lowest BCUT2D eigenvalue weighted by molar-refractivity contribution is 0.460. The molecule has 6 nitrogen and oxygen atoms in total. The SMILES string of the molecule is CCNCc1cc(S(=O)(=O)NCc2cscn2)c(C)o1. The van der Waals surface area contributed by atoms with Crippen LogP contribution in [-0.4, -0.2) is 19.9 Å². The number of thiazole rings is 1. The molecule has 0 amide bonds. The Morgan fingerprint density at radius 1 is 1.40 bits per heavy atom. The number of nitrogens with zero attached hydrogens (tertiary/aromatic N) is 1. The van der Waals surface area contributed by atoms with Crippen LogP contribution in [0.15, 0.2) is 26.3 Å². The molecule has 0 bridgehead atoms. The average Bonchev–Trinajstić information content (AvgIpc) is 3.03. The van der Waals surface area contributed by atoms with Crippen molar-refractivity contribution in [2.75, 3.05) is 6.54 Å².